The number of hydrogen-bond acceptors (Lipinski definition) is 12. The molecular formula is C64H115N11O12. The summed E-state index contributed by atoms with van der Waals surface area (Å²) >= 11 is 0. The van der Waals surface area contributed by atoms with Crippen molar-refractivity contribution in [2.75, 3.05) is 49.3 Å². The maximum Gasteiger partial charge on any atom is 0.246 e. The highest BCUT2D eigenvalue weighted by Crippen LogP contribution is 2.26. The zero-order valence-corrected chi connectivity index (χ0v) is 57.8. The Bertz CT molecular complexity index is 2390. The molecular weight excluding hydrogens is 1110 g/mol. The molecule has 11 amide bonds. The van der Waals surface area contributed by atoms with Gasteiger partial charge >= 0.3 is 0 Å². The summed E-state index contributed by atoms with van der Waals surface area (Å²) in [5.41, 5.74) is 0. The van der Waals surface area contributed by atoms with Gasteiger partial charge in [-0.15, -0.1) is 0 Å². The molecule has 1 unspecified atom stereocenters. The predicted molar refractivity (Wildman–Crippen MR) is 338 cm³/mol. The lowest BCUT2D eigenvalue weighted by molar-refractivity contribution is -0.157. The van der Waals surface area contributed by atoms with E-state index in [1.807, 2.05) is 61.5 Å². The number of carbonyl (C=O) groups is 11. The molecule has 13 atom stereocenters. The van der Waals surface area contributed by atoms with Crippen LogP contribution >= 0.6 is 0 Å². The lowest BCUT2D eigenvalue weighted by Gasteiger charge is -2.42. The summed E-state index contributed by atoms with van der Waals surface area (Å²) in [6.45, 7) is 33.1. The third kappa shape index (κ3) is 21.6. The van der Waals surface area contributed by atoms with E-state index in [2.05, 4.69) is 21.3 Å². The van der Waals surface area contributed by atoms with Crippen molar-refractivity contribution in [1.29, 1.82) is 0 Å². The van der Waals surface area contributed by atoms with E-state index in [0.29, 0.717) is 6.42 Å². The van der Waals surface area contributed by atoms with E-state index in [-0.39, 0.29) is 49.4 Å². The van der Waals surface area contributed by atoms with Crippen LogP contribution in [-0.4, -0.2) is 226 Å². The first-order valence-electron chi connectivity index (χ1n) is 31.4. The highest BCUT2D eigenvalue weighted by atomic mass is 16.3. The summed E-state index contributed by atoms with van der Waals surface area (Å²) in [7, 11) is 9.97. The molecule has 1 heterocycles. The molecule has 0 radical (unpaired) electrons. The average Bonchev–Trinajstić information content (AvgIpc) is 1.22. The minimum absolute atomic E-state index is 0.134. The summed E-state index contributed by atoms with van der Waals surface area (Å²) in [5, 5.41) is 23.3. The van der Waals surface area contributed by atoms with Crippen LogP contribution in [0.25, 0.3) is 0 Å². The van der Waals surface area contributed by atoms with Gasteiger partial charge in [0.1, 0.15) is 66.5 Å². The molecule has 87 heavy (non-hydrogen) atoms. The van der Waals surface area contributed by atoms with Gasteiger partial charge in [-0.1, -0.05) is 116 Å². The second kappa shape index (κ2) is 35.2. The lowest BCUT2D eigenvalue weighted by Crippen LogP contribution is -2.64. The predicted octanol–water partition coefficient (Wildman–Crippen LogP) is 3.90. The molecule has 0 aromatic carbocycles. The zero-order chi connectivity index (χ0) is 67.7. The van der Waals surface area contributed by atoms with Gasteiger partial charge < -0.3 is 60.7 Å². The Kier molecular flexibility index (Phi) is 31.9. The fourth-order valence-electron chi connectivity index (χ4n) is 11.0. The molecule has 1 saturated heterocycles. The number of aliphatic hydroxyl groups excluding tert-OH is 1. The number of aliphatic hydroxyl groups is 1. The lowest BCUT2D eigenvalue weighted by atomic mass is 9.91. The van der Waals surface area contributed by atoms with Crippen molar-refractivity contribution in [3.8, 4) is 0 Å². The van der Waals surface area contributed by atoms with Crippen LogP contribution in [0, 0.1) is 47.3 Å². The van der Waals surface area contributed by atoms with Crippen LogP contribution in [0.3, 0.4) is 0 Å². The van der Waals surface area contributed by atoms with E-state index in [9.17, 15) is 43.5 Å². The Labute approximate surface area is 521 Å². The van der Waals surface area contributed by atoms with E-state index in [4.69, 9.17) is 0 Å². The van der Waals surface area contributed by atoms with Gasteiger partial charge in [-0.25, -0.2) is 0 Å². The van der Waals surface area contributed by atoms with Gasteiger partial charge in [0.2, 0.25) is 65.0 Å². The smallest absolute Gasteiger partial charge is 0.246 e. The second-order valence-corrected chi connectivity index (χ2v) is 27.2. The van der Waals surface area contributed by atoms with Crippen molar-refractivity contribution in [3.63, 3.8) is 0 Å². The Morgan fingerprint density at radius 1 is 0.379 bits per heavy atom. The van der Waals surface area contributed by atoms with Crippen molar-refractivity contribution in [2.24, 2.45) is 47.3 Å². The summed E-state index contributed by atoms with van der Waals surface area (Å²) in [6, 6.07) is -13.7. The average molecular weight is 1230 g/mol. The van der Waals surface area contributed by atoms with Crippen molar-refractivity contribution in [1.82, 2.24) is 55.6 Å². The molecule has 1 aliphatic rings. The first-order valence-corrected chi connectivity index (χ1v) is 31.4. The van der Waals surface area contributed by atoms with Crippen LogP contribution in [0.5, 0.6) is 0 Å². The van der Waals surface area contributed by atoms with E-state index >= 15 is 14.4 Å². The minimum Gasteiger partial charge on any atom is -0.390 e. The number of rotatable bonds is 15. The summed E-state index contributed by atoms with van der Waals surface area (Å²) in [4.78, 5) is 170. The number of likely N-dealkylation sites (N-methyl/N-ethyl adjacent to an activating group) is 7. The Morgan fingerprint density at radius 2 is 0.724 bits per heavy atom. The van der Waals surface area contributed by atoms with E-state index in [1.54, 1.807) is 61.5 Å². The molecule has 0 saturated carbocycles. The molecule has 0 bridgehead atoms. The van der Waals surface area contributed by atoms with Crippen molar-refractivity contribution >= 4 is 65.0 Å². The zero-order valence-electron chi connectivity index (χ0n) is 57.8. The third-order valence-corrected chi connectivity index (χ3v) is 16.8. The third-order valence-electron chi connectivity index (χ3n) is 16.8. The van der Waals surface area contributed by atoms with E-state index in [1.165, 1.54) is 99.5 Å². The fourth-order valence-corrected chi connectivity index (χ4v) is 11.0. The molecule has 1 rings (SSSR count). The van der Waals surface area contributed by atoms with Crippen LogP contribution < -0.4 is 21.3 Å². The maximum atomic E-state index is 15.2. The normalized spacial score (nSPS) is 27.5. The summed E-state index contributed by atoms with van der Waals surface area (Å²) in [6.07, 6.45) is 2.99. The largest absolute Gasteiger partial charge is 0.390 e. The molecule has 23 heteroatoms. The maximum absolute atomic E-state index is 15.2. The first-order chi connectivity index (χ1) is 40.0. The summed E-state index contributed by atoms with van der Waals surface area (Å²) < 4.78 is 0. The molecule has 23 nitrogen and oxygen atoms in total. The van der Waals surface area contributed by atoms with Gasteiger partial charge in [-0.2, -0.15) is 0 Å². The van der Waals surface area contributed by atoms with Gasteiger partial charge in [-0.05, 0) is 107 Å². The van der Waals surface area contributed by atoms with Crippen molar-refractivity contribution < 1.29 is 57.8 Å². The van der Waals surface area contributed by atoms with Crippen LogP contribution in [-0.2, 0) is 52.7 Å². The van der Waals surface area contributed by atoms with Gasteiger partial charge in [0.25, 0.3) is 0 Å². The molecule has 1 fully saturated rings. The standard InChI is InChI=1S/C64H115N11O12/c1-27-28-29-41(16)53(76)52-57(80)68-49(38(10)11)62(85)69(20)44(19)59(82)70(21)46(31-35(4)5)56(79)67-50(39(12)13)63(86)71(22)45(30-34(2)3)55(78)65-42(17)54(77)66-43(18)58(81)72(23)47(32-36(6)7)60(83)73(24)48(33-37(8)9)61(84)74(25)51(40(14)15)64(87)75(52)26/h27-28,34-53,76H,29-33H2,1-26H3,(H,65,78)(H,66,77)(H,67,79)(H,68,80)/b28-27+/t41-,42+,43-,44-,45+,46+,47+,48+,49+,50+,51+,52?,53-/m1/s1. The van der Waals surface area contributed by atoms with Gasteiger partial charge in [0.05, 0.1) is 6.10 Å². The highest BCUT2D eigenvalue weighted by molar-refractivity contribution is 6.00. The minimum atomic E-state index is -1.63. The van der Waals surface area contributed by atoms with Crippen LogP contribution in [0.4, 0.5) is 0 Å². The fraction of sp³-hybridized carbons (Fsp3) is 0.797. The number of carbonyl (C=O) groups excluding carboxylic acids is 11. The Morgan fingerprint density at radius 3 is 1.14 bits per heavy atom. The first kappa shape index (κ1) is 78.9. The van der Waals surface area contributed by atoms with Gasteiger partial charge in [0.15, 0.2) is 0 Å². The topological polar surface area (TPSA) is 279 Å². The number of amides is 11. The Hall–Kier alpha value is -6.13. The molecule has 0 aromatic rings. The quantitative estimate of drug-likeness (QED) is 0.146. The van der Waals surface area contributed by atoms with Crippen molar-refractivity contribution in [3.05, 3.63) is 12.2 Å². The second-order valence-electron chi connectivity index (χ2n) is 27.2. The summed E-state index contributed by atoms with van der Waals surface area (Å²) in [5.74, 6) is -10.4. The monoisotopic (exact) mass is 1230 g/mol. The van der Waals surface area contributed by atoms with E-state index in [0.717, 1.165) is 4.90 Å². The number of allylic oxidation sites excluding steroid dienone is 2. The molecule has 5 N–H and O–H groups in total. The number of hydrogen-bond donors (Lipinski definition) is 5. The molecule has 1 aliphatic heterocycles. The van der Waals surface area contributed by atoms with E-state index < -0.39 is 161 Å². The number of nitrogens with one attached hydrogen (secondary N) is 4. The van der Waals surface area contributed by atoms with Crippen LogP contribution in [0.1, 0.15) is 164 Å². The van der Waals surface area contributed by atoms with Gasteiger partial charge in [0, 0.05) is 49.3 Å². The SMILES string of the molecule is C/C=C/C[C@@H](C)[C@@H](O)C1C(=O)N[C@@H](C(C)C)C(=O)N(C)[C@H](C)C(=O)N(C)[C@@H](CC(C)C)C(=O)N[C@@H](C(C)C)C(=O)N(C)[C@@H](CC(C)C)C(=O)N[C@@H](C)C(=O)N[C@H](C)C(=O)N(C)[C@@H](CC(C)C)C(=O)N(C)[C@@H](CC(C)C)C(=O)N(C)[C@@H](C(C)C)C(=O)N1C. The van der Waals surface area contributed by atoms with Gasteiger partial charge in [-0.3, -0.25) is 52.7 Å². The molecule has 0 aromatic heterocycles. The number of nitrogens with zero attached hydrogens (tertiary/aromatic N) is 7. The molecule has 498 valence electrons. The molecule has 0 aliphatic carbocycles. The van der Waals surface area contributed by atoms with Crippen LogP contribution in [0.15, 0.2) is 12.2 Å². The highest BCUT2D eigenvalue weighted by Gasteiger charge is 2.46. The molecule has 0 spiro atoms. The van der Waals surface area contributed by atoms with Crippen molar-refractivity contribution in [2.45, 2.75) is 236 Å². The van der Waals surface area contributed by atoms with Crippen LogP contribution in [0.2, 0.25) is 0 Å². The Balaban J connectivity index is 4.42.